The maximum absolute atomic E-state index is 14.3. The van der Waals surface area contributed by atoms with Crippen molar-refractivity contribution in [3.8, 4) is 0 Å². The summed E-state index contributed by atoms with van der Waals surface area (Å²) in [5.41, 5.74) is 1.80. The smallest absolute Gasteiger partial charge is 0.408 e. The highest BCUT2D eigenvalue weighted by molar-refractivity contribution is 5.94. The second-order valence-corrected chi connectivity index (χ2v) is 11.0. The number of carbonyl (C=O) groups excluding carboxylic acids is 4. The minimum atomic E-state index is -0.987. The molecule has 1 aliphatic carbocycles. The predicted octanol–water partition coefficient (Wildman–Crippen LogP) is 3.81. The van der Waals surface area contributed by atoms with Gasteiger partial charge in [-0.05, 0) is 69.6 Å². The fourth-order valence-electron chi connectivity index (χ4n) is 4.27. The van der Waals surface area contributed by atoms with Crippen molar-refractivity contribution < 1.29 is 28.7 Å². The number of methoxy groups -OCH3 is 1. The lowest BCUT2D eigenvalue weighted by Gasteiger charge is -2.37. The predicted molar refractivity (Wildman–Crippen MR) is 141 cm³/mol. The van der Waals surface area contributed by atoms with E-state index in [9.17, 15) is 19.2 Å². The Labute approximate surface area is 220 Å². The first kappa shape index (κ1) is 30.1. The van der Waals surface area contributed by atoms with Crippen LogP contribution < -0.4 is 10.6 Å². The summed E-state index contributed by atoms with van der Waals surface area (Å²) in [5, 5.41) is 5.42. The number of amides is 3. The highest BCUT2D eigenvalue weighted by Gasteiger charge is 2.49. The van der Waals surface area contributed by atoms with Crippen molar-refractivity contribution in [2.75, 3.05) is 13.7 Å². The lowest BCUT2D eigenvalue weighted by Crippen LogP contribution is -2.56. The number of nitrogens with one attached hydrogen (secondary N) is 2. The van der Waals surface area contributed by atoms with Crippen LogP contribution >= 0.6 is 0 Å². The van der Waals surface area contributed by atoms with Gasteiger partial charge in [0.2, 0.25) is 11.8 Å². The fourth-order valence-corrected chi connectivity index (χ4v) is 4.27. The molecule has 1 fully saturated rings. The van der Waals surface area contributed by atoms with Crippen LogP contribution in [0.15, 0.2) is 18.2 Å². The number of ether oxygens (including phenoxy) is 2. The molecule has 1 aromatic rings. The quantitative estimate of drug-likeness (QED) is 0.456. The molecule has 2 rings (SSSR count). The van der Waals surface area contributed by atoms with E-state index in [-0.39, 0.29) is 30.3 Å². The molecule has 1 saturated carbocycles. The van der Waals surface area contributed by atoms with E-state index in [4.69, 9.17) is 4.74 Å². The van der Waals surface area contributed by atoms with Crippen LogP contribution in [0.2, 0.25) is 0 Å². The van der Waals surface area contributed by atoms with Gasteiger partial charge in [0, 0.05) is 6.04 Å². The zero-order valence-corrected chi connectivity index (χ0v) is 23.6. The first-order valence-corrected chi connectivity index (χ1v) is 12.9. The van der Waals surface area contributed by atoms with Crippen LogP contribution in [0.25, 0.3) is 0 Å². The standard InChI is InChI=1S/C28H43N3O6/c1-10-16(2)23(30-27(35)37-28(6,7)8)26(34)31(21-14-18(21)4)24(25(33)29-15-22(32)36-9)20-13-11-12-17(3)19(20)5/h11-13,16,18,21,23-24H,10,14-15H2,1-9H3,(H,29,33)(H,30,35). The van der Waals surface area contributed by atoms with E-state index < -0.39 is 35.7 Å². The molecule has 37 heavy (non-hydrogen) atoms. The zero-order valence-electron chi connectivity index (χ0n) is 23.6. The monoisotopic (exact) mass is 517 g/mol. The van der Waals surface area contributed by atoms with E-state index in [1.54, 1.807) is 25.7 Å². The first-order chi connectivity index (χ1) is 17.2. The summed E-state index contributed by atoms with van der Waals surface area (Å²) in [4.78, 5) is 54.0. The molecule has 9 nitrogen and oxygen atoms in total. The Morgan fingerprint density at radius 1 is 1.16 bits per heavy atom. The third-order valence-corrected chi connectivity index (χ3v) is 6.93. The SMILES string of the molecule is CCC(C)C(NC(=O)OC(C)(C)C)C(=O)N(C(C(=O)NCC(=O)OC)c1cccc(C)c1C)C1CC1C. The van der Waals surface area contributed by atoms with E-state index in [2.05, 4.69) is 15.4 Å². The van der Waals surface area contributed by atoms with Gasteiger partial charge in [0.05, 0.1) is 7.11 Å². The molecular weight excluding hydrogens is 474 g/mol. The number of benzene rings is 1. The van der Waals surface area contributed by atoms with Crippen LogP contribution in [0.1, 0.15) is 77.1 Å². The Hall–Kier alpha value is -3.10. The van der Waals surface area contributed by atoms with Crippen LogP contribution in [0, 0.1) is 25.7 Å². The summed E-state index contributed by atoms with van der Waals surface area (Å²) in [6, 6.07) is 3.56. The van der Waals surface area contributed by atoms with Crippen molar-refractivity contribution in [1.82, 2.24) is 15.5 Å². The Kier molecular flexibility index (Phi) is 10.1. The summed E-state index contributed by atoms with van der Waals surface area (Å²) in [7, 11) is 1.25. The Bertz CT molecular complexity index is 1000. The third-order valence-electron chi connectivity index (χ3n) is 6.93. The van der Waals surface area contributed by atoms with Gasteiger partial charge in [-0.1, -0.05) is 45.4 Å². The summed E-state index contributed by atoms with van der Waals surface area (Å²) in [6.07, 6.45) is 0.674. The molecule has 0 heterocycles. The molecule has 9 heteroatoms. The molecule has 5 atom stereocenters. The summed E-state index contributed by atoms with van der Waals surface area (Å²) >= 11 is 0. The number of aryl methyl sites for hydroxylation is 1. The molecule has 1 aromatic carbocycles. The number of hydrogen-bond donors (Lipinski definition) is 2. The minimum absolute atomic E-state index is 0.184. The lowest BCUT2D eigenvalue weighted by atomic mass is 9.92. The largest absolute Gasteiger partial charge is 0.468 e. The average Bonchev–Trinajstić information content (AvgIpc) is 3.54. The zero-order chi connectivity index (χ0) is 28.1. The number of hydrogen-bond acceptors (Lipinski definition) is 6. The van der Waals surface area contributed by atoms with Crippen molar-refractivity contribution >= 4 is 23.9 Å². The van der Waals surface area contributed by atoms with Gasteiger partial charge < -0.3 is 25.0 Å². The average molecular weight is 518 g/mol. The van der Waals surface area contributed by atoms with Crippen molar-refractivity contribution in [3.05, 3.63) is 34.9 Å². The highest BCUT2D eigenvalue weighted by Crippen LogP contribution is 2.42. The van der Waals surface area contributed by atoms with Gasteiger partial charge in [-0.25, -0.2) is 4.79 Å². The normalized spacial score (nSPS) is 19.2. The summed E-state index contributed by atoms with van der Waals surface area (Å²) in [6.45, 7) is 14.7. The Morgan fingerprint density at radius 2 is 1.78 bits per heavy atom. The molecule has 0 saturated heterocycles. The molecule has 0 aromatic heterocycles. The number of alkyl carbamates (subject to hydrolysis) is 1. The van der Waals surface area contributed by atoms with Crippen molar-refractivity contribution in [1.29, 1.82) is 0 Å². The van der Waals surface area contributed by atoms with Crippen LogP contribution in [0.4, 0.5) is 4.79 Å². The van der Waals surface area contributed by atoms with Gasteiger partial charge in [0.15, 0.2) is 0 Å². The van der Waals surface area contributed by atoms with Gasteiger partial charge in [0.25, 0.3) is 0 Å². The van der Waals surface area contributed by atoms with Gasteiger partial charge in [-0.2, -0.15) is 0 Å². The van der Waals surface area contributed by atoms with Crippen LogP contribution in [-0.4, -0.2) is 60.1 Å². The maximum Gasteiger partial charge on any atom is 0.408 e. The van der Waals surface area contributed by atoms with E-state index >= 15 is 0 Å². The van der Waals surface area contributed by atoms with Crippen LogP contribution in [0.3, 0.4) is 0 Å². The molecular formula is C28H43N3O6. The second-order valence-electron chi connectivity index (χ2n) is 11.0. The van der Waals surface area contributed by atoms with E-state index in [0.29, 0.717) is 12.0 Å². The first-order valence-electron chi connectivity index (χ1n) is 12.9. The Morgan fingerprint density at radius 3 is 2.30 bits per heavy atom. The van der Waals surface area contributed by atoms with Crippen molar-refractivity contribution in [2.24, 2.45) is 11.8 Å². The van der Waals surface area contributed by atoms with Crippen LogP contribution in [0.5, 0.6) is 0 Å². The highest BCUT2D eigenvalue weighted by atomic mass is 16.6. The van der Waals surface area contributed by atoms with Crippen molar-refractivity contribution in [3.63, 3.8) is 0 Å². The molecule has 206 valence electrons. The number of rotatable bonds is 10. The summed E-state index contributed by atoms with van der Waals surface area (Å²) in [5.74, 6) is -1.45. The number of nitrogens with zero attached hydrogens (tertiary/aromatic N) is 1. The third kappa shape index (κ3) is 7.94. The topological polar surface area (TPSA) is 114 Å². The Balaban J connectivity index is 2.56. The molecule has 0 spiro atoms. The molecule has 0 radical (unpaired) electrons. The van der Waals surface area contributed by atoms with Gasteiger partial charge in [0.1, 0.15) is 24.2 Å². The van der Waals surface area contributed by atoms with Gasteiger partial charge >= 0.3 is 12.1 Å². The fraction of sp³-hybridized carbons (Fsp3) is 0.643. The van der Waals surface area contributed by atoms with E-state index in [0.717, 1.165) is 17.5 Å². The molecule has 2 N–H and O–H groups in total. The molecule has 1 aliphatic rings. The molecule has 0 aliphatic heterocycles. The molecule has 5 unspecified atom stereocenters. The van der Waals surface area contributed by atoms with E-state index in [1.807, 2.05) is 52.8 Å². The minimum Gasteiger partial charge on any atom is -0.468 e. The van der Waals surface area contributed by atoms with Gasteiger partial charge in [-0.15, -0.1) is 0 Å². The number of carbonyl (C=O) groups is 4. The second kappa shape index (κ2) is 12.4. The van der Waals surface area contributed by atoms with Crippen molar-refractivity contribution in [2.45, 2.75) is 92.0 Å². The van der Waals surface area contributed by atoms with Gasteiger partial charge in [-0.3, -0.25) is 14.4 Å². The summed E-state index contributed by atoms with van der Waals surface area (Å²) < 4.78 is 10.1. The molecule has 3 amide bonds. The lowest BCUT2D eigenvalue weighted by molar-refractivity contribution is -0.146. The molecule has 0 bridgehead atoms. The van der Waals surface area contributed by atoms with Crippen LogP contribution in [-0.2, 0) is 23.9 Å². The maximum atomic E-state index is 14.3. The number of esters is 1. The van der Waals surface area contributed by atoms with E-state index in [1.165, 1.54) is 7.11 Å².